The molecular formula is C21H28N4O2. The van der Waals surface area contributed by atoms with E-state index in [1.807, 2.05) is 18.3 Å². The summed E-state index contributed by atoms with van der Waals surface area (Å²) >= 11 is 0. The molecule has 1 atom stereocenters. The van der Waals surface area contributed by atoms with Crippen LogP contribution in [0.1, 0.15) is 41.4 Å². The van der Waals surface area contributed by atoms with Crippen molar-refractivity contribution in [3.05, 3.63) is 47.0 Å². The summed E-state index contributed by atoms with van der Waals surface area (Å²) in [5, 5.41) is 3.46. The number of para-hydroxylation sites is 1. The lowest BCUT2D eigenvalue weighted by Crippen LogP contribution is -2.33. The molecule has 1 saturated heterocycles. The van der Waals surface area contributed by atoms with Crippen LogP contribution in [-0.2, 0) is 19.5 Å². The number of hydrogen-bond donors (Lipinski definition) is 1. The summed E-state index contributed by atoms with van der Waals surface area (Å²) in [6, 6.07) is 6.05. The van der Waals surface area contributed by atoms with Crippen LogP contribution in [-0.4, -0.2) is 48.7 Å². The molecule has 1 aromatic carbocycles. The second-order valence-electron chi connectivity index (χ2n) is 7.36. The third-order valence-electron chi connectivity index (χ3n) is 5.57. The summed E-state index contributed by atoms with van der Waals surface area (Å²) in [5.74, 6) is 3.08. The van der Waals surface area contributed by atoms with Gasteiger partial charge in [-0.3, -0.25) is 4.90 Å². The lowest BCUT2D eigenvalue weighted by molar-refractivity contribution is 0.237. The average Bonchev–Trinajstić information content (AvgIpc) is 2.73. The molecule has 0 saturated carbocycles. The SMILES string of the molecule is COc1cccc(CN2CCc3nc([C@@H]4CCCNC4)ncc3C2)c1OC. The summed E-state index contributed by atoms with van der Waals surface area (Å²) in [6.45, 7) is 4.81. The van der Waals surface area contributed by atoms with Crippen molar-refractivity contribution in [1.82, 2.24) is 20.2 Å². The summed E-state index contributed by atoms with van der Waals surface area (Å²) in [7, 11) is 3.37. The van der Waals surface area contributed by atoms with E-state index in [0.717, 1.165) is 62.0 Å². The van der Waals surface area contributed by atoms with Crippen molar-refractivity contribution >= 4 is 0 Å². The normalized spacial score (nSPS) is 20.1. The Hall–Kier alpha value is -2.18. The Balaban J connectivity index is 1.47. The number of hydrogen-bond acceptors (Lipinski definition) is 6. The van der Waals surface area contributed by atoms with Gasteiger partial charge in [-0.15, -0.1) is 0 Å². The van der Waals surface area contributed by atoms with Crippen molar-refractivity contribution in [2.75, 3.05) is 33.9 Å². The van der Waals surface area contributed by atoms with Gasteiger partial charge in [-0.2, -0.15) is 0 Å². The molecule has 2 aromatic rings. The van der Waals surface area contributed by atoms with E-state index in [1.165, 1.54) is 24.1 Å². The Morgan fingerprint density at radius 2 is 2.19 bits per heavy atom. The maximum atomic E-state index is 5.58. The maximum absolute atomic E-state index is 5.58. The second-order valence-corrected chi connectivity index (χ2v) is 7.36. The third kappa shape index (κ3) is 3.92. The Labute approximate surface area is 160 Å². The van der Waals surface area contributed by atoms with Crippen LogP contribution in [0.5, 0.6) is 11.5 Å². The number of piperidine rings is 1. The van der Waals surface area contributed by atoms with E-state index < -0.39 is 0 Å². The molecule has 0 aliphatic carbocycles. The Morgan fingerprint density at radius 3 is 2.96 bits per heavy atom. The Morgan fingerprint density at radius 1 is 1.26 bits per heavy atom. The van der Waals surface area contributed by atoms with E-state index in [9.17, 15) is 0 Å². The van der Waals surface area contributed by atoms with Crippen molar-refractivity contribution < 1.29 is 9.47 Å². The smallest absolute Gasteiger partial charge is 0.165 e. The van der Waals surface area contributed by atoms with Crippen LogP contribution >= 0.6 is 0 Å². The van der Waals surface area contributed by atoms with E-state index in [0.29, 0.717) is 5.92 Å². The monoisotopic (exact) mass is 368 g/mol. The van der Waals surface area contributed by atoms with E-state index >= 15 is 0 Å². The highest BCUT2D eigenvalue weighted by Crippen LogP contribution is 2.32. The van der Waals surface area contributed by atoms with Gasteiger partial charge in [0, 0.05) is 61.5 Å². The molecule has 0 bridgehead atoms. The van der Waals surface area contributed by atoms with Crippen LogP contribution in [0.3, 0.4) is 0 Å². The van der Waals surface area contributed by atoms with Crippen LogP contribution in [0.25, 0.3) is 0 Å². The molecule has 1 aromatic heterocycles. The number of benzene rings is 1. The van der Waals surface area contributed by atoms with E-state index in [4.69, 9.17) is 19.4 Å². The first-order chi connectivity index (χ1) is 13.3. The first kappa shape index (κ1) is 18.2. The molecule has 0 spiro atoms. The molecule has 0 amide bonds. The van der Waals surface area contributed by atoms with Crippen molar-refractivity contribution in [2.45, 2.75) is 38.3 Å². The molecule has 27 heavy (non-hydrogen) atoms. The highest BCUT2D eigenvalue weighted by molar-refractivity contribution is 5.46. The van der Waals surface area contributed by atoms with Gasteiger partial charge in [0.15, 0.2) is 11.5 Å². The predicted molar refractivity (Wildman–Crippen MR) is 104 cm³/mol. The van der Waals surface area contributed by atoms with Crippen molar-refractivity contribution in [2.24, 2.45) is 0 Å². The van der Waals surface area contributed by atoms with Crippen LogP contribution in [0.15, 0.2) is 24.4 Å². The van der Waals surface area contributed by atoms with Crippen molar-refractivity contribution in [1.29, 1.82) is 0 Å². The molecule has 6 nitrogen and oxygen atoms in total. The standard InChI is InChI=1S/C21H28N4O2/c1-26-19-7-3-5-16(20(19)27-2)13-25-10-8-18-17(14-25)12-23-21(24-18)15-6-4-9-22-11-15/h3,5,7,12,15,22H,4,6,8-11,13-14H2,1-2H3/t15-/m1/s1. The fraction of sp³-hybridized carbons (Fsp3) is 0.524. The number of methoxy groups -OCH3 is 2. The van der Waals surface area contributed by atoms with Gasteiger partial charge >= 0.3 is 0 Å². The van der Waals surface area contributed by atoms with E-state index in [1.54, 1.807) is 14.2 Å². The Kier molecular flexibility index (Phi) is 5.55. The fourth-order valence-electron chi connectivity index (χ4n) is 4.11. The zero-order valence-corrected chi connectivity index (χ0v) is 16.2. The quantitative estimate of drug-likeness (QED) is 0.875. The van der Waals surface area contributed by atoms with Gasteiger partial charge in [-0.1, -0.05) is 12.1 Å². The number of aromatic nitrogens is 2. The molecule has 0 unspecified atom stereocenters. The van der Waals surface area contributed by atoms with Gasteiger partial charge in [0.2, 0.25) is 0 Å². The third-order valence-corrected chi connectivity index (χ3v) is 5.57. The zero-order valence-electron chi connectivity index (χ0n) is 16.2. The second kappa shape index (κ2) is 8.23. The number of nitrogens with one attached hydrogen (secondary N) is 1. The molecule has 2 aliphatic rings. The molecular weight excluding hydrogens is 340 g/mol. The van der Waals surface area contributed by atoms with Crippen molar-refractivity contribution in [3.8, 4) is 11.5 Å². The number of fused-ring (bicyclic) bond motifs is 1. The maximum Gasteiger partial charge on any atom is 0.165 e. The van der Waals surface area contributed by atoms with Crippen LogP contribution in [0.4, 0.5) is 0 Å². The predicted octanol–water partition coefficient (Wildman–Crippen LogP) is 2.52. The van der Waals surface area contributed by atoms with E-state index in [2.05, 4.69) is 16.3 Å². The lowest BCUT2D eigenvalue weighted by Gasteiger charge is -2.29. The van der Waals surface area contributed by atoms with Crippen LogP contribution < -0.4 is 14.8 Å². The minimum Gasteiger partial charge on any atom is -0.493 e. The van der Waals surface area contributed by atoms with Gasteiger partial charge in [0.05, 0.1) is 14.2 Å². The minimum absolute atomic E-state index is 0.461. The first-order valence-corrected chi connectivity index (χ1v) is 9.76. The van der Waals surface area contributed by atoms with Crippen LogP contribution in [0, 0.1) is 0 Å². The van der Waals surface area contributed by atoms with Gasteiger partial charge in [-0.05, 0) is 25.5 Å². The number of nitrogens with zero attached hydrogens (tertiary/aromatic N) is 3. The first-order valence-electron chi connectivity index (χ1n) is 9.76. The summed E-state index contributed by atoms with van der Waals surface area (Å²) < 4.78 is 11.0. The molecule has 1 N–H and O–H groups in total. The fourth-order valence-corrected chi connectivity index (χ4v) is 4.11. The summed E-state index contributed by atoms with van der Waals surface area (Å²) in [6.07, 6.45) is 5.41. The number of ether oxygens (including phenoxy) is 2. The zero-order chi connectivity index (χ0) is 18.6. The minimum atomic E-state index is 0.461. The number of rotatable bonds is 5. The molecule has 144 valence electrons. The lowest BCUT2D eigenvalue weighted by atomic mass is 9.98. The molecule has 1 fully saturated rings. The molecule has 4 rings (SSSR count). The van der Waals surface area contributed by atoms with Crippen LogP contribution in [0.2, 0.25) is 0 Å². The molecule has 2 aliphatic heterocycles. The van der Waals surface area contributed by atoms with Gasteiger partial charge in [-0.25, -0.2) is 9.97 Å². The summed E-state index contributed by atoms with van der Waals surface area (Å²) in [5.41, 5.74) is 3.61. The largest absolute Gasteiger partial charge is 0.493 e. The molecule has 6 heteroatoms. The van der Waals surface area contributed by atoms with Gasteiger partial charge in [0.1, 0.15) is 5.82 Å². The Bertz CT molecular complexity index is 790. The average molecular weight is 368 g/mol. The van der Waals surface area contributed by atoms with Gasteiger partial charge in [0.25, 0.3) is 0 Å². The topological polar surface area (TPSA) is 59.5 Å². The van der Waals surface area contributed by atoms with E-state index in [-0.39, 0.29) is 0 Å². The van der Waals surface area contributed by atoms with Gasteiger partial charge < -0.3 is 14.8 Å². The van der Waals surface area contributed by atoms with Crippen molar-refractivity contribution in [3.63, 3.8) is 0 Å². The molecule has 0 radical (unpaired) electrons. The highest BCUT2D eigenvalue weighted by Gasteiger charge is 2.23. The highest BCUT2D eigenvalue weighted by atomic mass is 16.5. The summed E-state index contributed by atoms with van der Waals surface area (Å²) in [4.78, 5) is 12.0. The molecule has 3 heterocycles.